The fraction of sp³-hybridized carbons (Fsp3) is 1.00. The fourth-order valence-electron chi connectivity index (χ4n) is 1.23. The van der Waals surface area contributed by atoms with Crippen molar-refractivity contribution in [1.82, 2.24) is 5.32 Å². The van der Waals surface area contributed by atoms with Gasteiger partial charge in [0.2, 0.25) is 0 Å². The van der Waals surface area contributed by atoms with Crippen LogP contribution in [0.25, 0.3) is 0 Å². The fourth-order valence-corrected chi connectivity index (χ4v) is 1.23. The Morgan fingerprint density at radius 3 is 2.60 bits per heavy atom. The Hall–Kier alpha value is -0.0800. The van der Waals surface area contributed by atoms with Crippen LogP contribution < -0.4 is 5.32 Å². The molecule has 2 nitrogen and oxygen atoms in total. The molecule has 2 heteroatoms. The van der Waals surface area contributed by atoms with Crippen LogP contribution >= 0.6 is 0 Å². The van der Waals surface area contributed by atoms with Crippen LogP contribution in [0.4, 0.5) is 0 Å². The molecule has 0 aliphatic heterocycles. The molecule has 0 heterocycles. The van der Waals surface area contributed by atoms with E-state index in [9.17, 15) is 5.11 Å². The lowest BCUT2D eigenvalue weighted by atomic mass is 10.0. The van der Waals surface area contributed by atoms with E-state index in [1.165, 1.54) is 12.8 Å². The first-order valence-electron chi connectivity index (χ1n) is 4.10. The van der Waals surface area contributed by atoms with E-state index < -0.39 is 5.60 Å². The molecule has 1 rings (SSSR count). The molecule has 60 valence electrons. The number of rotatable bonds is 4. The molecule has 0 bridgehead atoms. The van der Waals surface area contributed by atoms with Gasteiger partial charge in [-0.15, -0.1) is 0 Å². The third-order valence-electron chi connectivity index (χ3n) is 2.19. The second-order valence-electron chi connectivity index (χ2n) is 3.41. The molecule has 1 saturated carbocycles. The highest BCUT2D eigenvalue weighted by molar-refractivity contribution is 4.92. The first-order valence-corrected chi connectivity index (χ1v) is 4.10. The van der Waals surface area contributed by atoms with Crippen molar-refractivity contribution in [2.45, 2.75) is 32.3 Å². The van der Waals surface area contributed by atoms with Gasteiger partial charge in [-0.1, -0.05) is 6.92 Å². The minimum atomic E-state index is -0.448. The summed E-state index contributed by atoms with van der Waals surface area (Å²) in [6.07, 6.45) is 2.41. The minimum Gasteiger partial charge on any atom is -0.389 e. The topological polar surface area (TPSA) is 32.3 Å². The summed E-state index contributed by atoms with van der Waals surface area (Å²) in [4.78, 5) is 0. The van der Waals surface area contributed by atoms with E-state index in [0.717, 1.165) is 13.1 Å². The second kappa shape index (κ2) is 2.89. The van der Waals surface area contributed by atoms with Crippen LogP contribution in [0.15, 0.2) is 0 Å². The molecule has 1 atom stereocenters. The zero-order valence-electron chi connectivity index (χ0n) is 6.85. The predicted molar refractivity (Wildman–Crippen MR) is 41.9 cm³/mol. The summed E-state index contributed by atoms with van der Waals surface area (Å²) in [5.74, 6) is 0.562. The van der Waals surface area contributed by atoms with Gasteiger partial charge >= 0.3 is 0 Å². The molecule has 0 radical (unpaired) electrons. The van der Waals surface area contributed by atoms with Crippen molar-refractivity contribution in [2.24, 2.45) is 5.92 Å². The van der Waals surface area contributed by atoms with Gasteiger partial charge in [-0.05, 0) is 32.2 Å². The Kier molecular flexibility index (Phi) is 2.32. The van der Waals surface area contributed by atoms with Crippen molar-refractivity contribution < 1.29 is 5.11 Å². The minimum absolute atomic E-state index is 0.448. The molecular formula is C8H17NO. The first-order chi connectivity index (χ1) is 4.67. The first kappa shape index (κ1) is 8.02. The van der Waals surface area contributed by atoms with Gasteiger partial charge in [-0.25, -0.2) is 0 Å². The van der Waals surface area contributed by atoms with Crippen molar-refractivity contribution in [1.29, 1.82) is 0 Å². The second-order valence-corrected chi connectivity index (χ2v) is 3.41. The van der Waals surface area contributed by atoms with E-state index in [2.05, 4.69) is 12.2 Å². The molecule has 0 saturated heterocycles. The van der Waals surface area contributed by atoms with Crippen LogP contribution in [0.3, 0.4) is 0 Å². The summed E-state index contributed by atoms with van der Waals surface area (Å²) in [7, 11) is 0. The summed E-state index contributed by atoms with van der Waals surface area (Å²) < 4.78 is 0. The van der Waals surface area contributed by atoms with Gasteiger partial charge in [0, 0.05) is 6.54 Å². The Bertz CT molecular complexity index is 108. The molecule has 0 aromatic heterocycles. The highest BCUT2D eigenvalue weighted by Crippen LogP contribution is 2.38. The smallest absolute Gasteiger partial charge is 0.0771 e. The lowest BCUT2D eigenvalue weighted by Crippen LogP contribution is -2.39. The van der Waals surface area contributed by atoms with E-state index in [4.69, 9.17) is 0 Å². The highest BCUT2D eigenvalue weighted by atomic mass is 16.3. The van der Waals surface area contributed by atoms with Crippen molar-refractivity contribution >= 4 is 0 Å². The number of aliphatic hydroxyl groups is 1. The number of hydrogen-bond donors (Lipinski definition) is 2. The van der Waals surface area contributed by atoms with E-state index in [1.54, 1.807) is 0 Å². The molecule has 0 spiro atoms. The van der Waals surface area contributed by atoms with Gasteiger partial charge in [-0.3, -0.25) is 0 Å². The van der Waals surface area contributed by atoms with Crippen LogP contribution in [0.5, 0.6) is 0 Å². The van der Waals surface area contributed by atoms with Crippen molar-refractivity contribution in [2.75, 3.05) is 13.1 Å². The summed E-state index contributed by atoms with van der Waals surface area (Å²) in [6.45, 7) is 5.67. The maximum absolute atomic E-state index is 9.72. The lowest BCUT2D eigenvalue weighted by molar-refractivity contribution is 0.0376. The average Bonchev–Trinajstić information content (AvgIpc) is 2.64. The monoisotopic (exact) mass is 143 g/mol. The van der Waals surface area contributed by atoms with Crippen LogP contribution in [0, 0.1) is 5.92 Å². The Balaban J connectivity index is 2.20. The molecule has 1 aliphatic carbocycles. The highest BCUT2D eigenvalue weighted by Gasteiger charge is 2.39. The van der Waals surface area contributed by atoms with Crippen LogP contribution in [0.2, 0.25) is 0 Å². The summed E-state index contributed by atoms with van der Waals surface area (Å²) in [5, 5.41) is 12.9. The third kappa shape index (κ3) is 1.96. The van der Waals surface area contributed by atoms with Crippen molar-refractivity contribution in [3.8, 4) is 0 Å². The van der Waals surface area contributed by atoms with Crippen LogP contribution in [-0.4, -0.2) is 23.8 Å². The van der Waals surface area contributed by atoms with Gasteiger partial charge in [-0.2, -0.15) is 0 Å². The lowest BCUT2D eigenvalue weighted by Gasteiger charge is -2.22. The normalized spacial score (nSPS) is 24.3. The molecule has 0 amide bonds. The quantitative estimate of drug-likeness (QED) is 0.609. The summed E-state index contributed by atoms with van der Waals surface area (Å²) in [6, 6.07) is 0. The molecule has 2 N–H and O–H groups in total. The van der Waals surface area contributed by atoms with E-state index in [0.29, 0.717) is 5.92 Å². The van der Waals surface area contributed by atoms with E-state index in [-0.39, 0.29) is 0 Å². The number of likely N-dealkylation sites (N-methyl/N-ethyl adjacent to an activating group) is 1. The van der Waals surface area contributed by atoms with Crippen molar-refractivity contribution in [3.05, 3.63) is 0 Å². The summed E-state index contributed by atoms with van der Waals surface area (Å²) in [5.41, 5.74) is -0.448. The van der Waals surface area contributed by atoms with Gasteiger partial charge in [0.25, 0.3) is 0 Å². The van der Waals surface area contributed by atoms with E-state index in [1.807, 2.05) is 6.92 Å². The maximum atomic E-state index is 9.72. The molecule has 0 aromatic carbocycles. The predicted octanol–water partition coefficient (Wildman–Crippen LogP) is 0.757. The Morgan fingerprint density at radius 1 is 1.60 bits per heavy atom. The van der Waals surface area contributed by atoms with Gasteiger partial charge in [0.05, 0.1) is 5.60 Å². The Morgan fingerprint density at radius 2 is 2.20 bits per heavy atom. The van der Waals surface area contributed by atoms with E-state index >= 15 is 0 Å². The SMILES string of the molecule is CCNCC(C)(O)C1CC1. The average molecular weight is 143 g/mol. The molecule has 0 aromatic rings. The zero-order valence-corrected chi connectivity index (χ0v) is 6.85. The molecule has 1 aliphatic rings. The largest absolute Gasteiger partial charge is 0.389 e. The summed E-state index contributed by atoms with van der Waals surface area (Å²) >= 11 is 0. The van der Waals surface area contributed by atoms with Crippen molar-refractivity contribution in [3.63, 3.8) is 0 Å². The number of nitrogens with one attached hydrogen (secondary N) is 1. The number of hydrogen-bond acceptors (Lipinski definition) is 2. The third-order valence-corrected chi connectivity index (χ3v) is 2.19. The van der Waals surface area contributed by atoms with Crippen LogP contribution in [0.1, 0.15) is 26.7 Å². The molecule has 1 fully saturated rings. The molecule has 1 unspecified atom stereocenters. The maximum Gasteiger partial charge on any atom is 0.0771 e. The molecule has 10 heavy (non-hydrogen) atoms. The van der Waals surface area contributed by atoms with Crippen LogP contribution in [-0.2, 0) is 0 Å². The van der Waals surface area contributed by atoms with Gasteiger partial charge in [0.1, 0.15) is 0 Å². The van der Waals surface area contributed by atoms with Gasteiger partial charge < -0.3 is 10.4 Å². The zero-order chi connectivity index (χ0) is 7.61. The van der Waals surface area contributed by atoms with Gasteiger partial charge in [0.15, 0.2) is 0 Å². The standard InChI is InChI=1S/C8H17NO/c1-3-9-6-8(2,10)7-4-5-7/h7,9-10H,3-6H2,1-2H3. The molecular weight excluding hydrogens is 126 g/mol. The Labute approximate surface area is 62.6 Å².